The van der Waals surface area contributed by atoms with Crippen LogP contribution in [0.1, 0.15) is 31.3 Å². The fourth-order valence-electron chi connectivity index (χ4n) is 2.00. The number of aryl methyl sites for hydroxylation is 1. The molecule has 2 heteroatoms. The first-order chi connectivity index (χ1) is 6.31. The maximum absolute atomic E-state index is 12.8. The van der Waals surface area contributed by atoms with Crippen molar-refractivity contribution < 1.29 is 5.82 Å². The van der Waals surface area contributed by atoms with Crippen LogP contribution in [0.5, 0.6) is 0 Å². The standard InChI is InChI=1S/C11H10FN.H2/c12-10-3-4-11-8(5-6-13)1-2-9(11)7-10;/h3-4,7-8H,1-2,5H2;1H/t8-;/m1./s1. The molecule has 0 saturated heterocycles. The summed E-state index contributed by atoms with van der Waals surface area (Å²) in [6, 6.07) is 7.06. The third-order valence-corrected chi connectivity index (χ3v) is 2.64. The molecule has 0 N–H and O–H groups in total. The van der Waals surface area contributed by atoms with Crippen molar-refractivity contribution in [3.8, 4) is 6.07 Å². The highest BCUT2D eigenvalue weighted by Gasteiger charge is 2.21. The Morgan fingerprint density at radius 3 is 3.23 bits per heavy atom. The van der Waals surface area contributed by atoms with E-state index in [1.165, 1.54) is 11.6 Å². The van der Waals surface area contributed by atoms with Crippen molar-refractivity contribution in [2.45, 2.75) is 25.2 Å². The van der Waals surface area contributed by atoms with Gasteiger partial charge in [-0.1, -0.05) is 6.07 Å². The number of hydrogen-bond donors (Lipinski definition) is 0. The lowest BCUT2D eigenvalue weighted by molar-refractivity contribution is 0.625. The lowest BCUT2D eigenvalue weighted by Crippen LogP contribution is -1.91. The summed E-state index contributed by atoms with van der Waals surface area (Å²) in [5.74, 6) is 0.164. The van der Waals surface area contributed by atoms with Crippen molar-refractivity contribution in [2.75, 3.05) is 0 Å². The van der Waals surface area contributed by atoms with Crippen LogP contribution < -0.4 is 0 Å². The van der Waals surface area contributed by atoms with Crippen LogP contribution in [0.25, 0.3) is 0 Å². The average Bonchev–Trinajstić information content (AvgIpc) is 2.49. The molecule has 1 aliphatic rings. The molecular formula is C11H12FN. The predicted octanol–water partition coefficient (Wildman–Crippen LogP) is 3.02. The first kappa shape index (κ1) is 8.25. The van der Waals surface area contributed by atoms with Gasteiger partial charge in [-0.2, -0.15) is 5.26 Å². The van der Waals surface area contributed by atoms with E-state index in [0.29, 0.717) is 12.3 Å². The zero-order valence-electron chi connectivity index (χ0n) is 7.26. The molecule has 13 heavy (non-hydrogen) atoms. The molecular weight excluding hydrogens is 165 g/mol. The molecule has 1 aromatic rings. The maximum Gasteiger partial charge on any atom is 0.123 e. The van der Waals surface area contributed by atoms with Crippen molar-refractivity contribution in [1.82, 2.24) is 0 Å². The summed E-state index contributed by atoms with van der Waals surface area (Å²) in [5, 5.41) is 8.58. The third kappa shape index (κ3) is 1.42. The van der Waals surface area contributed by atoms with E-state index in [9.17, 15) is 4.39 Å². The first-order valence-corrected chi connectivity index (χ1v) is 4.46. The van der Waals surface area contributed by atoms with E-state index in [2.05, 4.69) is 6.07 Å². The summed E-state index contributed by atoms with van der Waals surface area (Å²) in [5.41, 5.74) is 2.25. The lowest BCUT2D eigenvalue weighted by atomic mass is 9.99. The van der Waals surface area contributed by atoms with Gasteiger partial charge < -0.3 is 0 Å². The molecule has 1 nitrogen and oxygen atoms in total. The number of nitriles is 1. The van der Waals surface area contributed by atoms with E-state index in [1.807, 2.05) is 6.07 Å². The van der Waals surface area contributed by atoms with Crippen molar-refractivity contribution in [1.29, 1.82) is 5.26 Å². The molecule has 0 heterocycles. The van der Waals surface area contributed by atoms with Crippen molar-refractivity contribution in [3.05, 3.63) is 35.1 Å². The van der Waals surface area contributed by atoms with Crippen LogP contribution in [0.4, 0.5) is 4.39 Å². The van der Waals surface area contributed by atoms with Gasteiger partial charge in [0.05, 0.1) is 6.07 Å². The molecule has 1 atom stereocenters. The highest BCUT2D eigenvalue weighted by atomic mass is 19.1. The van der Waals surface area contributed by atoms with Gasteiger partial charge >= 0.3 is 0 Å². The predicted molar refractivity (Wildman–Crippen MR) is 49.8 cm³/mol. The molecule has 68 valence electrons. The molecule has 0 radical (unpaired) electrons. The maximum atomic E-state index is 12.8. The Morgan fingerprint density at radius 2 is 2.46 bits per heavy atom. The van der Waals surface area contributed by atoms with Crippen LogP contribution in [0.15, 0.2) is 18.2 Å². The van der Waals surface area contributed by atoms with E-state index < -0.39 is 0 Å². The van der Waals surface area contributed by atoms with Crippen LogP contribution in [-0.4, -0.2) is 0 Å². The summed E-state index contributed by atoms with van der Waals surface area (Å²) in [6.07, 6.45) is 2.46. The van der Waals surface area contributed by atoms with E-state index in [1.54, 1.807) is 6.07 Å². The number of halogens is 1. The van der Waals surface area contributed by atoms with E-state index in [4.69, 9.17) is 5.26 Å². The van der Waals surface area contributed by atoms with Crippen LogP contribution in [0.3, 0.4) is 0 Å². The number of fused-ring (bicyclic) bond motifs is 1. The molecule has 0 saturated carbocycles. The second-order valence-electron chi connectivity index (χ2n) is 3.44. The fraction of sp³-hybridized carbons (Fsp3) is 0.364. The zero-order chi connectivity index (χ0) is 9.26. The number of rotatable bonds is 1. The van der Waals surface area contributed by atoms with Crippen molar-refractivity contribution in [2.24, 2.45) is 0 Å². The van der Waals surface area contributed by atoms with E-state index in [-0.39, 0.29) is 7.24 Å². The quantitative estimate of drug-likeness (QED) is 0.646. The molecule has 0 bridgehead atoms. The summed E-state index contributed by atoms with van der Waals surface area (Å²) < 4.78 is 12.8. The Kier molecular flexibility index (Phi) is 2.02. The second-order valence-corrected chi connectivity index (χ2v) is 3.44. The lowest BCUT2D eigenvalue weighted by Gasteiger charge is -2.05. The molecule has 0 aliphatic heterocycles. The number of benzene rings is 1. The first-order valence-electron chi connectivity index (χ1n) is 4.46. The summed E-state index contributed by atoms with van der Waals surface area (Å²) >= 11 is 0. The van der Waals surface area contributed by atoms with Gasteiger partial charge in [0.1, 0.15) is 5.82 Å². The number of nitrogens with zero attached hydrogens (tertiary/aromatic N) is 1. The third-order valence-electron chi connectivity index (χ3n) is 2.64. The molecule has 2 rings (SSSR count). The highest BCUT2D eigenvalue weighted by molar-refractivity contribution is 5.35. The molecule has 0 amide bonds. The van der Waals surface area contributed by atoms with Crippen molar-refractivity contribution >= 4 is 0 Å². The molecule has 1 aliphatic carbocycles. The van der Waals surface area contributed by atoms with Gasteiger partial charge in [0, 0.05) is 7.85 Å². The number of hydrogen-bond acceptors (Lipinski definition) is 1. The molecule has 0 aromatic heterocycles. The minimum Gasteiger partial charge on any atom is -0.207 e. The van der Waals surface area contributed by atoms with Gasteiger partial charge in [0.2, 0.25) is 0 Å². The normalized spacial score (nSPS) is 19.5. The van der Waals surface area contributed by atoms with Gasteiger partial charge in [0.15, 0.2) is 0 Å². The Morgan fingerprint density at radius 1 is 1.62 bits per heavy atom. The van der Waals surface area contributed by atoms with Crippen LogP contribution in [-0.2, 0) is 6.42 Å². The summed E-state index contributed by atoms with van der Waals surface area (Å²) in [4.78, 5) is 0. The van der Waals surface area contributed by atoms with Crippen LogP contribution in [0.2, 0.25) is 0 Å². The van der Waals surface area contributed by atoms with E-state index >= 15 is 0 Å². The molecule has 0 spiro atoms. The summed E-state index contributed by atoms with van der Waals surface area (Å²) in [6.45, 7) is 0. The fourth-order valence-corrected chi connectivity index (χ4v) is 2.00. The van der Waals surface area contributed by atoms with Gasteiger partial charge in [-0.15, -0.1) is 0 Å². The van der Waals surface area contributed by atoms with Gasteiger partial charge in [0.25, 0.3) is 0 Å². The molecule has 0 unspecified atom stereocenters. The van der Waals surface area contributed by atoms with Gasteiger partial charge in [-0.3, -0.25) is 0 Å². The van der Waals surface area contributed by atoms with Crippen LogP contribution in [0, 0.1) is 17.1 Å². The van der Waals surface area contributed by atoms with Crippen molar-refractivity contribution in [3.63, 3.8) is 0 Å². The van der Waals surface area contributed by atoms with Gasteiger partial charge in [-0.25, -0.2) is 4.39 Å². The topological polar surface area (TPSA) is 23.8 Å². The SMILES string of the molecule is N#CC[C@H]1CCc2cc(F)ccc21.[HH]. The molecule has 1 aromatic carbocycles. The zero-order valence-corrected chi connectivity index (χ0v) is 7.26. The largest absolute Gasteiger partial charge is 0.207 e. The Bertz CT molecular complexity index is 370. The second kappa shape index (κ2) is 3.18. The van der Waals surface area contributed by atoms with Crippen LogP contribution >= 0.6 is 0 Å². The minimum atomic E-state index is -0.170. The van der Waals surface area contributed by atoms with E-state index in [0.717, 1.165) is 18.4 Å². The Balaban J connectivity index is 0.000000980. The average molecular weight is 177 g/mol. The highest BCUT2D eigenvalue weighted by Crippen LogP contribution is 2.35. The smallest absolute Gasteiger partial charge is 0.123 e. The Labute approximate surface area is 78.3 Å². The monoisotopic (exact) mass is 177 g/mol. The Hall–Kier alpha value is -1.36. The molecule has 0 fully saturated rings. The minimum absolute atomic E-state index is 0. The summed E-state index contributed by atoms with van der Waals surface area (Å²) in [7, 11) is 0. The van der Waals surface area contributed by atoms with Gasteiger partial charge in [-0.05, 0) is 42.0 Å².